The summed E-state index contributed by atoms with van der Waals surface area (Å²) in [5.74, 6) is 1.66. The van der Waals surface area contributed by atoms with Crippen LogP contribution in [0.15, 0.2) is 18.2 Å². The van der Waals surface area contributed by atoms with Crippen LogP contribution in [-0.2, 0) is 0 Å². The first-order chi connectivity index (χ1) is 9.13. The normalized spacial score (nSPS) is 12.4. The lowest BCUT2D eigenvalue weighted by Gasteiger charge is -2.14. The van der Waals surface area contributed by atoms with E-state index in [2.05, 4.69) is 11.6 Å². The first-order valence-electron chi connectivity index (χ1n) is 6.09. The van der Waals surface area contributed by atoms with Crippen LogP contribution >= 0.6 is 35.0 Å². The number of hydrogen-bond acceptors (Lipinski definition) is 4. The van der Waals surface area contributed by atoms with E-state index < -0.39 is 6.10 Å². The molecular weight excluding hydrogens is 305 g/mol. The van der Waals surface area contributed by atoms with Crippen LogP contribution in [0.3, 0.4) is 0 Å². The molecule has 0 amide bonds. The predicted molar refractivity (Wildman–Crippen MR) is 83.8 cm³/mol. The van der Waals surface area contributed by atoms with Crippen molar-refractivity contribution < 1.29 is 9.84 Å². The predicted octanol–water partition coefficient (Wildman–Crippen LogP) is 3.08. The number of nitrogens with one attached hydrogen (secondary N) is 1. The Morgan fingerprint density at radius 2 is 2.21 bits per heavy atom. The monoisotopic (exact) mass is 323 g/mol. The molecule has 1 rings (SSSR count). The first-order valence-corrected chi connectivity index (χ1v) is 8.24. The van der Waals surface area contributed by atoms with E-state index in [1.165, 1.54) is 0 Å². The highest BCUT2D eigenvalue weighted by Gasteiger charge is 2.07. The Kier molecular flexibility index (Phi) is 8.66. The maximum absolute atomic E-state index is 9.75. The quantitative estimate of drug-likeness (QED) is 0.685. The van der Waals surface area contributed by atoms with Crippen LogP contribution in [0, 0.1) is 0 Å². The van der Waals surface area contributed by atoms with Crippen molar-refractivity contribution in [3.8, 4) is 5.75 Å². The van der Waals surface area contributed by atoms with Gasteiger partial charge < -0.3 is 15.2 Å². The Hall–Kier alpha value is -0.130. The van der Waals surface area contributed by atoms with Gasteiger partial charge in [0.15, 0.2) is 0 Å². The second kappa shape index (κ2) is 9.72. The van der Waals surface area contributed by atoms with Crippen molar-refractivity contribution in [2.45, 2.75) is 12.5 Å². The molecule has 0 heterocycles. The van der Waals surface area contributed by atoms with Crippen LogP contribution in [0.1, 0.15) is 6.42 Å². The Bertz CT molecular complexity index is 380. The number of benzene rings is 1. The van der Waals surface area contributed by atoms with Gasteiger partial charge in [-0.25, -0.2) is 0 Å². The van der Waals surface area contributed by atoms with Gasteiger partial charge >= 0.3 is 0 Å². The molecule has 0 spiro atoms. The highest BCUT2D eigenvalue weighted by molar-refractivity contribution is 7.98. The molecule has 6 heteroatoms. The summed E-state index contributed by atoms with van der Waals surface area (Å²) in [6, 6.07) is 5.02. The number of aliphatic hydroxyl groups is 1. The van der Waals surface area contributed by atoms with Gasteiger partial charge in [0, 0.05) is 11.6 Å². The Morgan fingerprint density at radius 1 is 1.42 bits per heavy atom. The molecule has 1 aromatic carbocycles. The number of hydrogen-bond donors (Lipinski definition) is 2. The van der Waals surface area contributed by atoms with E-state index >= 15 is 0 Å². The van der Waals surface area contributed by atoms with Crippen LogP contribution in [0.2, 0.25) is 10.0 Å². The molecule has 0 bridgehead atoms. The second-order valence-electron chi connectivity index (χ2n) is 4.09. The summed E-state index contributed by atoms with van der Waals surface area (Å²) in [6.07, 6.45) is 2.62. The molecule has 3 nitrogen and oxygen atoms in total. The zero-order valence-corrected chi connectivity index (χ0v) is 13.2. The van der Waals surface area contributed by atoms with Crippen molar-refractivity contribution in [2.24, 2.45) is 0 Å². The van der Waals surface area contributed by atoms with E-state index in [1.807, 2.05) is 11.8 Å². The molecule has 1 aromatic rings. The minimum Gasteiger partial charge on any atom is -0.489 e. The molecule has 0 saturated carbocycles. The lowest BCUT2D eigenvalue weighted by molar-refractivity contribution is 0.106. The minimum atomic E-state index is -0.555. The van der Waals surface area contributed by atoms with Crippen molar-refractivity contribution in [3.63, 3.8) is 0 Å². The maximum atomic E-state index is 9.75. The van der Waals surface area contributed by atoms with Crippen LogP contribution in [0.4, 0.5) is 0 Å². The summed E-state index contributed by atoms with van der Waals surface area (Å²) >= 11 is 13.6. The molecule has 0 radical (unpaired) electrons. The first kappa shape index (κ1) is 16.9. The van der Waals surface area contributed by atoms with Gasteiger partial charge in [-0.15, -0.1) is 0 Å². The molecule has 1 atom stereocenters. The fourth-order valence-electron chi connectivity index (χ4n) is 1.45. The van der Waals surface area contributed by atoms with Crippen molar-refractivity contribution in [1.29, 1.82) is 0 Å². The average Bonchev–Trinajstić information content (AvgIpc) is 2.37. The molecule has 108 valence electrons. The lowest BCUT2D eigenvalue weighted by Crippen LogP contribution is -2.32. The Balaban J connectivity index is 2.20. The highest BCUT2D eigenvalue weighted by Crippen LogP contribution is 2.27. The van der Waals surface area contributed by atoms with Gasteiger partial charge in [0.2, 0.25) is 0 Å². The summed E-state index contributed by atoms with van der Waals surface area (Å²) in [7, 11) is 0. The highest BCUT2D eigenvalue weighted by atomic mass is 35.5. The molecule has 0 aliphatic carbocycles. The van der Waals surface area contributed by atoms with Gasteiger partial charge in [-0.05, 0) is 43.2 Å². The number of ether oxygens (including phenoxy) is 1. The van der Waals surface area contributed by atoms with Gasteiger partial charge in [0.05, 0.1) is 5.02 Å². The van der Waals surface area contributed by atoms with E-state index in [1.54, 1.807) is 18.2 Å². The van der Waals surface area contributed by atoms with Crippen LogP contribution in [0.5, 0.6) is 5.75 Å². The molecular formula is C13H19Cl2NO2S. The Morgan fingerprint density at radius 3 is 2.89 bits per heavy atom. The zero-order chi connectivity index (χ0) is 14.1. The Labute approximate surface area is 128 Å². The molecule has 0 aliphatic heterocycles. The SMILES string of the molecule is CSCCCNCC(O)COc1ccc(Cl)cc1Cl. The van der Waals surface area contributed by atoms with Crippen molar-refractivity contribution in [1.82, 2.24) is 5.32 Å². The third-order valence-electron chi connectivity index (χ3n) is 2.41. The van der Waals surface area contributed by atoms with Gasteiger partial charge in [0.1, 0.15) is 18.5 Å². The summed E-state index contributed by atoms with van der Waals surface area (Å²) in [5, 5.41) is 13.9. The molecule has 0 aliphatic rings. The van der Waals surface area contributed by atoms with Crippen LogP contribution in [0.25, 0.3) is 0 Å². The van der Waals surface area contributed by atoms with Crippen LogP contribution < -0.4 is 10.1 Å². The zero-order valence-electron chi connectivity index (χ0n) is 10.9. The summed E-state index contributed by atoms with van der Waals surface area (Å²) < 4.78 is 5.45. The van der Waals surface area contributed by atoms with E-state index in [9.17, 15) is 5.11 Å². The molecule has 2 N–H and O–H groups in total. The topological polar surface area (TPSA) is 41.5 Å². The second-order valence-corrected chi connectivity index (χ2v) is 5.92. The van der Waals surface area contributed by atoms with Gasteiger partial charge in [-0.1, -0.05) is 23.2 Å². The molecule has 0 fully saturated rings. The lowest BCUT2D eigenvalue weighted by atomic mass is 10.3. The fraction of sp³-hybridized carbons (Fsp3) is 0.538. The summed E-state index contributed by atoms with van der Waals surface area (Å²) in [5.41, 5.74) is 0. The summed E-state index contributed by atoms with van der Waals surface area (Å²) in [4.78, 5) is 0. The van der Waals surface area contributed by atoms with Crippen molar-refractivity contribution in [3.05, 3.63) is 28.2 Å². The van der Waals surface area contributed by atoms with E-state index in [0.717, 1.165) is 18.7 Å². The number of halogens is 2. The van der Waals surface area contributed by atoms with E-state index in [4.69, 9.17) is 27.9 Å². The van der Waals surface area contributed by atoms with E-state index in [-0.39, 0.29) is 6.61 Å². The number of rotatable bonds is 9. The minimum absolute atomic E-state index is 0.205. The summed E-state index contributed by atoms with van der Waals surface area (Å²) in [6.45, 7) is 1.62. The molecule has 0 aromatic heterocycles. The van der Waals surface area contributed by atoms with Crippen molar-refractivity contribution in [2.75, 3.05) is 31.7 Å². The van der Waals surface area contributed by atoms with Gasteiger partial charge in [0.25, 0.3) is 0 Å². The van der Waals surface area contributed by atoms with Gasteiger partial charge in [-0.3, -0.25) is 0 Å². The van der Waals surface area contributed by atoms with Crippen molar-refractivity contribution >= 4 is 35.0 Å². The smallest absolute Gasteiger partial charge is 0.138 e. The molecule has 19 heavy (non-hydrogen) atoms. The number of thioether (sulfide) groups is 1. The molecule has 0 saturated heterocycles. The average molecular weight is 324 g/mol. The fourth-order valence-corrected chi connectivity index (χ4v) is 2.34. The van der Waals surface area contributed by atoms with Crippen LogP contribution in [-0.4, -0.2) is 42.9 Å². The number of aliphatic hydroxyl groups excluding tert-OH is 1. The maximum Gasteiger partial charge on any atom is 0.138 e. The standard InChI is InChI=1S/C13H19Cl2NO2S/c1-19-6-2-5-16-8-11(17)9-18-13-4-3-10(14)7-12(13)15/h3-4,7,11,16-17H,2,5-6,8-9H2,1H3. The van der Waals surface area contributed by atoms with E-state index in [0.29, 0.717) is 22.3 Å². The third-order valence-corrected chi connectivity index (χ3v) is 3.63. The third kappa shape index (κ3) is 7.28. The largest absolute Gasteiger partial charge is 0.489 e. The van der Waals surface area contributed by atoms with Gasteiger partial charge in [-0.2, -0.15) is 11.8 Å². The molecule has 1 unspecified atom stereocenters.